The molecule has 7 nitrogen and oxygen atoms in total. The van der Waals surface area contributed by atoms with Crippen LogP contribution in [0.15, 0.2) is 67.0 Å². The molecule has 2 amide bonds. The second-order valence-electron chi connectivity index (χ2n) is 9.34. The molecule has 0 fully saturated rings. The molecule has 4 rings (SSSR count). The Morgan fingerprint density at radius 2 is 1.78 bits per heavy atom. The molecule has 2 aromatic carbocycles. The first-order valence-electron chi connectivity index (χ1n) is 13.1. The average molecular weight is 501 g/mol. The van der Waals surface area contributed by atoms with Crippen molar-refractivity contribution < 1.29 is 14.3 Å². The SMILES string of the molecule is COc1cccc(CCNC(=O)c2ccc3c(c2)CNCCCCCCCN3C(=O)c2ccncc2)c1. The van der Waals surface area contributed by atoms with Crippen molar-refractivity contribution in [3.63, 3.8) is 0 Å². The zero-order chi connectivity index (χ0) is 25.9. The number of carbonyl (C=O) groups is 2. The fourth-order valence-corrected chi connectivity index (χ4v) is 4.64. The topological polar surface area (TPSA) is 83.6 Å². The van der Waals surface area contributed by atoms with E-state index in [1.807, 2.05) is 47.4 Å². The van der Waals surface area contributed by atoms with E-state index >= 15 is 0 Å². The van der Waals surface area contributed by atoms with E-state index in [-0.39, 0.29) is 11.8 Å². The number of ether oxygens (including phenoxy) is 1. The number of benzene rings is 2. The van der Waals surface area contributed by atoms with Crippen molar-refractivity contribution in [3.05, 3.63) is 89.2 Å². The fourth-order valence-electron chi connectivity index (χ4n) is 4.64. The molecule has 0 aliphatic carbocycles. The van der Waals surface area contributed by atoms with Crippen LogP contribution in [0.1, 0.15) is 63.9 Å². The summed E-state index contributed by atoms with van der Waals surface area (Å²) in [6, 6.07) is 17.0. The number of pyridine rings is 1. The first-order chi connectivity index (χ1) is 18.2. The molecule has 0 atom stereocenters. The number of hydrogen-bond donors (Lipinski definition) is 2. The Bertz CT molecular complexity index is 1180. The number of carbonyl (C=O) groups excluding carboxylic acids is 2. The standard InChI is InChI=1S/C30H36N4O3/c1-37-27-9-7-8-23(20-27)12-18-33-29(35)25-10-11-28-26(21-25)22-32-15-5-3-2-4-6-19-34(28)30(36)24-13-16-31-17-14-24/h7-11,13-14,16-17,20-21,32H,2-6,12,15,18-19,22H2,1H3,(H,33,35). The van der Waals surface area contributed by atoms with Crippen LogP contribution >= 0.6 is 0 Å². The summed E-state index contributed by atoms with van der Waals surface area (Å²) >= 11 is 0. The van der Waals surface area contributed by atoms with Crippen LogP contribution < -0.4 is 20.3 Å². The van der Waals surface area contributed by atoms with Crippen molar-refractivity contribution in [1.29, 1.82) is 0 Å². The zero-order valence-corrected chi connectivity index (χ0v) is 21.5. The van der Waals surface area contributed by atoms with Gasteiger partial charge in [-0.2, -0.15) is 0 Å². The maximum atomic E-state index is 13.5. The quantitative estimate of drug-likeness (QED) is 0.510. The fraction of sp³-hybridized carbons (Fsp3) is 0.367. The third-order valence-electron chi connectivity index (χ3n) is 6.69. The van der Waals surface area contributed by atoms with E-state index in [1.165, 1.54) is 12.8 Å². The monoisotopic (exact) mass is 500 g/mol. The highest BCUT2D eigenvalue weighted by Crippen LogP contribution is 2.26. The minimum absolute atomic E-state index is 0.0452. The van der Waals surface area contributed by atoms with E-state index in [9.17, 15) is 9.59 Å². The highest BCUT2D eigenvalue weighted by atomic mass is 16.5. The van der Waals surface area contributed by atoms with Gasteiger partial charge in [0.1, 0.15) is 5.75 Å². The smallest absolute Gasteiger partial charge is 0.258 e. The summed E-state index contributed by atoms with van der Waals surface area (Å²) in [6.07, 6.45) is 9.49. The predicted octanol–water partition coefficient (Wildman–Crippen LogP) is 4.76. The van der Waals surface area contributed by atoms with Gasteiger partial charge in [0.25, 0.3) is 11.8 Å². The highest BCUT2D eigenvalue weighted by molar-refractivity contribution is 6.06. The second-order valence-corrected chi connectivity index (χ2v) is 9.34. The Kier molecular flexibility index (Phi) is 9.66. The average Bonchev–Trinajstić information content (AvgIpc) is 2.93. The number of aromatic nitrogens is 1. The Hall–Kier alpha value is -3.71. The van der Waals surface area contributed by atoms with Gasteiger partial charge in [-0.15, -0.1) is 0 Å². The van der Waals surface area contributed by atoms with Crippen molar-refractivity contribution in [2.45, 2.75) is 45.1 Å². The van der Waals surface area contributed by atoms with Crippen LogP contribution in [0.5, 0.6) is 5.75 Å². The van der Waals surface area contributed by atoms with Gasteiger partial charge in [-0.25, -0.2) is 0 Å². The normalized spacial score (nSPS) is 14.6. The second kappa shape index (κ2) is 13.6. The van der Waals surface area contributed by atoms with Crippen LogP contribution in [-0.4, -0.2) is 43.5 Å². The predicted molar refractivity (Wildman–Crippen MR) is 146 cm³/mol. The minimum Gasteiger partial charge on any atom is -0.497 e. The molecule has 0 bridgehead atoms. The van der Waals surface area contributed by atoms with Gasteiger partial charge in [0.2, 0.25) is 0 Å². The first-order valence-corrected chi connectivity index (χ1v) is 13.1. The minimum atomic E-state index is -0.121. The first kappa shape index (κ1) is 26.4. The molecule has 0 spiro atoms. The van der Waals surface area contributed by atoms with E-state index in [0.29, 0.717) is 37.2 Å². The van der Waals surface area contributed by atoms with E-state index in [0.717, 1.165) is 48.4 Å². The lowest BCUT2D eigenvalue weighted by Gasteiger charge is -2.27. The van der Waals surface area contributed by atoms with Gasteiger partial charge in [0.05, 0.1) is 7.11 Å². The summed E-state index contributed by atoms with van der Waals surface area (Å²) in [5, 5.41) is 6.54. The highest BCUT2D eigenvalue weighted by Gasteiger charge is 2.21. The molecule has 0 unspecified atom stereocenters. The van der Waals surface area contributed by atoms with Crippen molar-refractivity contribution in [3.8, 4) is 5.75 Å². The number of hydrogen-bond acceptors (Lipinski definition) is 5. The third kappa shape index (κ3) is 7.40. The molecule has 2 N–H and O–H groups in total. The van der Waals surface area contributed by atoms with E-state index in [4.69, 9.17) is 4.74 Å². The van der Waals surface area contributed by atoms with Crippen LogP contribution in [-0.2, 0) is 13.0 Å². The summed E-state index contributed by atoms with van der Waals surface area (Å²) < 4.78 is 5.28. The molecule has 0 saturated heterocycles. The van der Waals surface area contributed by atoms with Gasteiger partial charge in [0, 0.05) is 48.8 Å². The van der Waals surface area contributed by atoms with Crippen LogP contribution in [0, 0.1) is 0 Å². The van der Waals surface area contributed by atoms with Gasteiger partial charge >= 0.3 is 0 Å². The summed E-state index contributed by atoms with van der Waals surface area (Å²) in [5.74, 6) is 0.641. The van der Waals surface area contributed by atoms with Crippen LogP contribution in [0.4, 0.5) is 5.69 Å². The van der Waals surface area contributed by atoms with E-state index < -0.39 is 0 Å². The molecule has 3 aromatic rings. The molecule has 0 radical (unpaired) electrons. The number of rotatable bonds is 6. The third-order valence-corrected chi connectivity index (χ3v) is 6.69. The summed E-state index contributed by atoms with van der Waals surface area (Å²) in [7, 11) is 1.65. The van der Waals surface area contributed by atoms with Gasteiger partial charge < -0.3 is 20.3 Å². The van der Waals surface area contributed by atoms with Crippen molar-refractivity contribution in [1.82, 2.24) is 15.6 Å². The van der Waals surface area contributed by atoms with Gasteiger partial charge in [0.15, 0.2) is 0 Å². The molecule has 194 valence electrons. The molecule has 0 saturated carbocycles. The Balaban J connectivity index is 1.53. The summed E-state index contributed by atoms with van der Waals surface area (Å²) in [4.78, 5) is 32.4. The molecule has 1 aliphatic rings. The maximum absolute atomic E-state index is 13.5. The number of fused-ring (bicyclic) bond motifs is 1. The number of methoxy groups -OCH3 is 1. The molecule has 1 aliphatic heterocycles. The number of nitrogens with zero attached hydrogens (tertiary/aromatic N) is 2. The number of nitrogens with one attached hydrogen (secondary N) is 2. The van der Waals surface area contributed by atoms with Crippen molar-refractivity contribution in [2.75, 3.05) is 31.6 Å². The largest absolute Gasteiger partial charge is 0.497 e. The molecule has 1 aromatic heterocycles. The lowest BCUT2D eigenvalue weighted by atomic mass is 10.0. The number of amides is 2. The van der Waals surface area contributed by atoms with Crippen molar-refractivity contribution >= 4 is 17.5 Å². The number of anilines is 1. The summed E-state index contributed by atoms with van der Waals surface area (Å²) in [6.45, 7) is 2.67. The Morgan fingerprint density at radius 3 is 2.62 bits per heavy atom. The van der Waals surface area contributed by atoms with Crippen LogP contribution in [0.25, 0.3) is 0 Å². The van der Waals surface area contributed by atoms with Crippen LogP contribution in [0.2, 0.25) is 0 Å². The molecular formula is C30H36N4O3. The Labute approximate surface area is 219 Å². The maximum Gasteiger partial charge on any atom is 0.258 e. The molecule has 7 heteroatoms. The zero-order valence-electron chi connectivity index (χ0n) is 21.5. The molecule has 2 heterocycles. The van der Waals surface area contributed by atoms with Gasteiger partial charge in [-0.3, -0.25) is 14.6 Å². The van der Waals surface area contributed by atoms with Gasteiger partial charge in [-0.1, -0.05) is 31.4 Å². The van der Waals surface area contributed by atoms with Crippen LogP contribution in [0.3, 0.4) is 0 Å². The van der Waals surface area contributed by atoms with E-state index in [2.05, 4.69) is 15.6 Å². The molecular weight excluding hydrogens is 464 g/mol. The lowest BCUT2D eigenvalue weighted by molar-refractivity contribution is 0.0953. The van der Waals surface area contributed by atoms with Gasteiger partial charge in [-0.05, 0) is 79.4 Å². The lowest BCUT2D eigenvalue weighted by Crippen LogP contribution is -2.34. The molecule has 37 heavy (non-hydrogen) atoms. The Morgan fingerprint density at radius 1 is 0.973 bits per heavy atom. The van der Waals surface area contributed by atoms with E-state index in [1.54, 1.807) is 31.6 Å². The van der Waals surface area contributed by atoms with Crippen molar-refractivity contribution in [2.24, 2.45) is 0 Å². The summed E-state index contributed by atoms with van der Waals surface area (Å²) in [5.41, 5.74) is 4.10.